The van der Waals surface area contributed by atoms with E-state index in [9.17, 15) is 9.59 Å². The largest absolute Gasteiger partial charge is 0.494 e. The van der Waals surface area contributed by atoms with Crippen molar-refractivity contribution in [3.05, 3.63) is 131 Å². The second-order valence-electron chi connectivity index (χ2n) is 11.9. The third kappa shape index (κ3) is 9.05. The molecule has 0 aromatic heterocycles. The number of hydrogen-bond donors (Lipinski definition) is 2. The zero-order valence-electron chi connectivity index (χ0n) is 26.2. The zero-order valence-corrected chi connectivity index (χ0v) is 26.2. The van der Waals surface area contributed by atoms with Gasteiger partial charge in [0.15, 0.2) is 5.78 Å². The Morgan fingerprint density at radius 2 is 1.44 bits per heavy atom. The Labute approximate surface area is 267 Å². The van der Waals surface area contributed by atoms with E-state index in [-0.39, 0.29) is 11.3 Å². The number of hydrogen-bond acceptors (Lipinski definition) is 6. The number of para-hydroxylation sites is 1. The Morgan fingerprint density at radius 1 is 0.778 bits per heavy atom. The third-order valence-corrected chi connectivity index (χ3v) is 8.67. The first-order chi connectivity index (χ1) is 22.0. The van der Waals surface area contributed by atoms with Crippen LogP contribution < -0.4 is 15.4 Å². The lowest BCUT2D eigenvalue weighted by atomic mass is 9.77. The SMILES string of the molecule is COC(=O)C(Cc1ccc(OCCCNC2(Cc3ccccc3)CCCCC2)cc1)Nc1ccccc1C(=O)c1ccccc1. The minimum atomic E-state index is -0.666. The number of esters is 1. The van der Waals surface area contributed by atoms with Gasteiger partial charge < -0.3 is 20.1 Å². The number of anilines is 1. The first-order valence-corrected chi connectivity index (χ1v) is 16.1. The zero-order chi connectivity index (χ0) is 31.3. The normalized spacial score (nSPS) is 14.7. The fourth-order valence-electron chi connectivity index (χ4n) is 6.28. The molecule has 0 aliphatic heterocycles. The molecule has 6 nitrogen and oxygen atoms in total. The van der Waals surface area contributed by atoms with Gasteiger partial charge in [0, 0.05) is 28.8 Å². The number of methoxy groups -OCH3 is 1. The molecule has 1 fully saturated rings. The molecule has 0 radical (unpaired) electrons. The van der Waals surface area contributed by atoms with Gasteiger partial charge in [-0.2, -0.15) is 0 Å². The monoisotopic (exact) mass is 604 g/mol. The molecule has 0 amide bonds. The van der Waals surface area contributed by atoms with Crippen molar-refractivity contribution in [2.24, 2.45) is 0 Å². The molecule has 1 unspecified atom stereocenters. The molecule has 4 aromatic carbocycles. The molecule has 234 valence electrons. The van der Waals surface area contributed by atoms with Crippen molar-refractivity contribution >= 4 is 17.4 Å². The van der Waals surface area contributed by atoms with Gasteiger partial charge in [-0.1, -0.05) is 104 Å². The predicted octanol–water partition coefficient (Wildman–Crippen LogP) is 7.42. The van der Waals surface area contributed by atoms with Crippen LogP contribution in [-0.2, 0) is 22.4 Å². The average Bonchev–Trinajstić information content (AvgIpc) is 3.09. The number of carbonyl (C=O) groups excluding carboxylic acids is 2. The number of benzene rings is 4. The fraction of sp³-hybridized carbons (Fsp3) is 0.333. The van der Waals surface area contributed by atoms with E-state index in [1.54, 1.807) is 18.2 Å². The highest BCUT2D eigenvalue weighted by molar-refractivity contribution is 6.12. The van der Waals surface area contributed by atoms with Crippen LogP contribution in [0.3, 0.4) is 0 Å². The molecular formula is C39H44N2O4. The van der Waals surface area contributed by atoms with Gasteiger partial charge in [0.2, 0.25) is 0 Å². The van der Waals surface area contributed by atoms with Crippen LogP contribution in [0.1, 0.15) is 65.6 Å². The van der Waals surface area contributed by atoms with E-state index < -0.39 is 12.0 Å². The molecule has 1 atom stereocenters. The van der Waals surface area contributed by atoms with Crippen LogP contribution in [0.25, 0.3) is 0 Å². The van der Waals surface area contributed by atoms with E-state index in [1.165, 1.54) is 44.8 Å². The molecule has 0 spiro atoms. The van der Waals surface area contributed by atoms with Crippen molar-refractivity contribution in [1.29, 1.82) is 0 Å². The maximum absolute atomic E-state index is 13.2. The second kappa shape index (κ2) is 16.1. The number of rotatable bonds is 15. The summed E-state index contributed by atoms with van der Waals surface area (Å²) in [6.07, 6.45) is 8.74. The summed E-state index contributed by atoms with van der Waals surface area (Å²) in [5.74, 6) is 0.300. The number of nitrogens with one attached hydrogen (secondary N) is 2. The maximum Gasteiger partial charge on any atom is 0.328 e. The number of ketones is 1. The molecular weight excluding hydrogens is 560 g/mol. The van der Waals surface area contributed by atoms with E-state index >= 15 is 0 Å². The summed E-state index contributed by atoms with van der Waals surface area (Å²) in [5, 5.41) is 7.18. The van der Waals surface area contributed by atoms with Crippen LogP contribution in [-0.4, -0.2) is 43.6 Å². The van der Waals surface area contributed by atoms with Crippen LogP contribution in [0.5, 0.6) is 5.75 Å². The quantitative estimate of drug-likeness (QED) is 0.0836. The summed E-state index contributed by atoms with van der Waals surface area (Å²) in [6, 6.07) is 34.4. The Bertz CT molecular complexity index is 1500. The first kappa shape index (κ1) is 32.0. The van der Waals surface area contributed by atoms with Crippen molar-refractivity contribution in [3.63, 3.8) is 0 Å². The van der Waals surface area contributed by atoms with Crippen molar-refractivity contribution < 1.29 is 19.1 Å². The van der Waals surface area contributed by atoms with Crippen LogP contribution in [0.2, 0.25) is 0 Å². The second-order valence-corrected chi connectivity index (χ2v) is 11.9. The Balaban J connectivity index is 1.14. The van der Waals surface area contributed by atoms with E-state index in [1.807, 2.05) is 60.7 Å². The predicted molar refractivity (Wildman–Crippen MR) is 180 cm³/mol. The molecule has 1 aliphatic rings. The Morgan fingerprint density at radius 3 is 2.16 bits per heavy atom. The summed E-state index contributed by atoms with van der Waals surface area (Å²) < 4.78 is 11.2. The summed E-state index contributed by atoms with van der Waals surface area (Å²) in [7, 11) is 1.38. The minimum absolute atomic E-state index is 0.107. The molecule has 0 bridgehead atoms. The van der Waals surface area contributed by atoms with Gasteiger partial charge in [0.1, 0.15) is 11.8 Å². The lowest BCUT2D eigenvalue weighted by molar-refractivity contribution is -0.141. The highest BCUT2D eigenvalue weighted by atomic mass is 16.5. The molecule has 4 aromatic rings. The van der Waals surface area contributed by atoms with Crippen LogP contribution in [0, 0.1) is 0 Å². The Kier molecular flexibility index (Phi) is 11.4. The molecule has 0 saturated heterocycles. The molecule has 6 heteroatoms. The average molecular weight is 605 g/mol. The topological polar surface area (TPSA) is 76.7 Å². The van der Waals surface area contributed by atoms with Crippen molar-refractivity contribution in [1.82, 2.24) is 5.32 Å². The van der Waals surface area contributed by atoms with Crippen molar-refractivity contribution in [2.45, 2.75) is 62.9 Å². The van der Waals surface area contributed by atoms with Gasteiger partial charge in [-0.3, -0.25) is 4.79 Å². The van der Waals surface area contributed by atoms with Gasteiger partial charge in [0.25, 0.3) is 0 Å². The van der Waals surface area contributed by atoms with E-state index in [4.69, 9.17) is 9.47 Å². The smallest absolute Gasteiger partial charge is 0.328 e. The van der Waals surface area contributed by atoms with Gasteiger partial charge in [-0.25, -0.2) is 4.79 Å². The van der Waals surface area contributed by atoms with Crippen LogP contribution >= 0.6 is 0 Å². The number of ether oxygens (including phenoxy) is 2. The highest BCUT2D eigenvalue weighted by Crippen LogP contribution is 2.31. The molecule has 45 heavy (non-hydrogen) atoms. The minimum Gasteiger partial charge on any atom is -0.494 e. The molecule has 1 saturated carbocycles. The van der Waals surface area contributed by atoms with Crippen molar-refractivity contribution in [2.75, 3.05) is 25.6 Å². The lowest BCUT2D eigenvalue weighted by Crippen LogP contribution is -2.49. The number of carbonyl (C=O) groups is 2. The summed E-state index contributed by atoms with van der Waals surface area (Å²) in [6.45, 7) is 1.55. The van der Waals surface area contributed by atoms with E-state index in [0.29, 0.717) is 29.8 Å². The summed E-state index contributed by atoms with van der Waals surface area (Å²) >= 11 is 0. The Hall–Kier alpha value is -4.42. The lowest BCUT2D eigenvalue weighted by Gasteiger charge is -2.39. The van der Waals surface area contributed by atoms with Gasteiger partial charge >= 0.3 is 5.97 Å². The van der Waals surface area contributed by atoms with Crippen LogP contribution in [0.15, 0.2) is 109 Å². The van der Waals surface area contributed by atoms with E-state index in [0.717, 1.165) is 30.7 Å². The highest BCUT2D eigenvalue weighted by Gasteiger charge is 2.31. The first-order valence-electron chi connectivity index (χ1n) is 16.1. The molecule has 0 heterocycles. The van der Waals surface area contributed by atoms with Crippen molar-refractivity contribution in [3.8, 4) is 5.75 Å². The van der Waals surface area contributed by atoms with Gasteiger partial charge in [-0.15, -0.1) is 0 Å². The fourth-order valence-corrected chi connectivity index (χ4v) is 6.28. The standard InChI is InChI=1S/C39H44N2O4/c1-44-38(43)36(41-35-19-10-9-18-34(35)37(42)32-16-7-3-8-17-32)28-30-20-22-33(23-21-30)45-27-13-26-40-39(24-11-4-12-25-39)29-31-14-5-2-6-15-31/h2-3,5-10,14-23,36,40-41H,4,11-13,24-29H2,1H3. The molecule has 1 aliphatic carbocycles. The summed E-state index contributed by atoms with van der Waals surface area (Å²) in [4.78, 5) is 26.0. The molecule has 2 N–H and O–H groups in total. The van der Waals surface area contributed by atoms with Gasteiger partial charge in [0.05, 0.1) is 13.7 Å². The molecule has 5 rings (SSSR count). The third-order valence-electron chi connectivity index (χ3n) is 8.67. The summed E-state index contributed by atoms with van der Waals surface area (Å²) in [5.41, 5.74) is 4.23. The van der Waals surface area contributed by atoms with Crippen LogP contribution in [0.4, 0.5) is 5.69 Å². The van der Waals surface area contributed by atoms with Gasteiger partial charge in [-0.05, 0) is 67.6 Å². The maximum atomic E-state index is 13.2. The van der Waals surface area contributed by atoms with E-state index in [2.05, 4.69) is 41.0 Å².